The van der Waals surface area contributed by atoms with Crippen LogP contribution in [0.5, 0.6) is 0 Å². The molecule has 2 aliphatic rings. The van der Waals surface area contributed by atoms with Crippen LogP contribution in [0.15, 0.2) is 18.3 Å². The van der Waals surface area contributed by atoms with E-state index in [1.54, 1.807) is 0 Å². The molecule has 0 saturated carbocycles. The first-order chi connectivity index (χ1) is 7.86. The Morgan fingerprint density at radius 1 is 1.44 bits per heavy atom. The Hall–Kier alpha value is -0.930. The fourth-order valence-electron chi connectivity index (χ4n) is 2.98. The number of hydrogen-bond donors (Lipinski definition) is 1. The van der Waals surface area contributed by atoms with Crippen LogP contribution in [0.2, 0.25) is 0 Å². The summed E-state index contributed by atoms with van der Waals surface area (Å²) in [6.07, 6.45) is 6.64. The molecule has 3 heteroatoms. The number of ether oxygens (including phenoxy) is 1. The van der Waals surface area contributed by atoms with Crippen molar-refractivity contribution in [2.24, 2.45) is 5.73 Å². The van der Waals surface area contributed by atoms with Crippen LogP contribution in [-0.4, -0.2) is 23.7 Å². The summed E-state index contributed by atoms with van der Waals surface area (Å²) in [5.74, 6) is 0.402. The lowest BCUT2D eigenvalue weighted by Crippen LogP contribution is -2.39. The van der Waals surface area contributed by atoms with E-state index in [2.05, 4.69) is 11.1 Å². The van der Waals surface area contributed by atoms with Crippen LogP contribution in [-0.2, 0) is 11.2 Å². The molecule has 0 bridgehead atoms. The second kappa shape index (κ2) is 4.15. The average Bonchev–Trinajstić information content (AvgIpc) is 2.98. The number of rotatable bonds is 2. The summed E-state index contributed by atoms with van der Waals surface area (Å²) >= 11 is 0. The van der Waals surface area contributed by atoms with Crippen molar-refractivity contribution in [3.63, 3.8) is 0 Å². The second-order valence-electron chi connectivity index (χ2n) is 4.82. The molecule has 1 aromatic rings. The second-order valence-corrected chi connectivity index (χ2v) is 4.82. The Morgan fingerprint density at radius 3 is 3.19 bits per heavy atom. The summed E-state index contributed by atoms with van der Waals surface area (Å²) < 4.78 is 5.69. The SMILES string of the molecule is NC(C1CCCO1)C1CCc2cccnc21. The van der Waals surface area contributed by atoms with Crippen molar-refractivity contribution in [2.45, 2.75) is 43.7 Å². The molecule has 3 nitrogen and oxygen atoms in total. The van der Waals surface area contributed by atoms with Gasteiger partial charge in [0.1, 0.15) is 0 Å². The van der Waals surface area contributed by atoms with Gasteiger partial charge in [-0.3, -0.25) is 4.98 Å². The third kappa shape index (κ3) is 1.64. The largest absolute Gasteiger partial charge is 0.377 e. The van der Waals surface area contributed by atoms with Gasteiger partial charge in [-0.25, -0.2) is 0 Å². The first kappa shape index (κ1) is 10.2. The van der Waals surface area contributed by atoms with Crippen LogP contribution in [0.3, 0.4) is 0 Å². The highest BCUT2D eigenvalue weighted by atomic mass is 16.5. The van der Waals surface area contributed by atoms with E-state index < -0.39 is 0 Å². The molecule has 1 aliphatic carbocycles. The lowest BCUT2D eigenvalue weighted by atomic mass is 9.92. The van der Waals surface area contributed by atoms with Gasteiger partial charge in [0.15, 0.2) is 0 Å². The van der Waals surface area contributed by atoms with Gasteiger partial charge in [0.25, 0.3) is 0 Å². The van der Waals surface area contributed by atoms with Crippen molar-refractivity contribution in [3.05, 3.63) is 29.6 Å². The van der Waals surface area contributed by atoms with Crippen LogP contribution in [0.4, 0.5) is 0 Å². The summed E-state index contributed by atoms with van der Waals surface area (Å²) in [7, 11) is 0. The van der Waals surface area contributed by atoms with E-state index >= 15 is 0 Å². The molecular formula is C13H18N2O. The zero-order valence-corrected chi connectivity index (χ0v) is 9.43. The van der Waals surface area contributed by atoms with Crippen molar-refractivity contribution < 1.29 is 4.74 Å². The minimum Gasteiger partial charge on any atom is -0.377 e. The predicted molar refractivity (Wildman–Crippen MR) is 62.2 cm³/mol. The first-order valence-electron chi connectivity index (χ1n) is 6.17. The van der Waals surface area contributed by atoms with Crippen molar-refractivity contribution in [2.75, 3.05) is 6.61 Å². The Labute approximate surface area is 96.0 Å². The molecular weight excluding hydrogens is 200 g/mol. The van der Waals surface area contributed by atoms with Gasteiger partial charge in [0.2, 0.25) is 0 Å². The van der Waals surface area contributed by atoms with E-state index in [1.807, 2.05) is 12.3 Å². The van der Waals surface area contributed by atoms with Gasteiger partial charge in [-0.2, -0.15) is 0 Å². The molecule has 1 fully saturated rings. The van der Waals surface area contributed by atoms with E-state index in [1.165, 1.54) is 11.3 Å². The molecule has 0 spiro atoms. The zero-order valence-electron chi connectivity index (χ0n) is 9.43. The van der Waals surface area contributed by atoms with Gasteiger partial charge in [-0.05, 0) is 37.3 Å². The van der Waals surface area contributed by atoms with E-state index in [0.29, 0.717) is 5.92 Å². The highest BCUT2D eigenvalue weighted by Gasteiger charge is 2.35. The number of nitrogens with zero attached hydrogens (tertiary/aromatic N) is 1. The fourth-order valence-corrected chi connectivity index (χ4v) is 2.98. The summed E-state index contributed by atoms with van der Waals surface area (Å²) in [5.41, 5.74) is 8.92. The van der Waals surface area contributed by atoms with Crippen molar-refractivity contribution in [1.29, 1.82) is 0 Å². The molecule has 2 N–H and O–H groups in total. The van der Waals surface area contributed by atoms with Gasteiger partial charge in [0, 0.05) is 30.5 Å². The predicted octanol–water partition coefficient (Wildman–Crippen LogP) is 1.62. The molecule has 16 heavy (non-hydrogen) atoms. The van der Waals surface area contributed by atoms with Crippen molar-refractivity contribution >= 4 is 0 Å². The van der Waals surface area contributed by atoms with Crippen LogP contribution < -0.4 is 5.73 Å². The Kier molecular flexibility index (Phi) is 2.65. The smallest absolute Gasteiger partial charge is 0.0733 e. The quantitative estimate of drug-likeness (QED) is 0.820. The summed E-state index contributed by atoms with van der Waals surface area (Å²) in [4.78, 5) is 4.50. The number of aromatic nitrogens is 1. The van der Waals surface area contributed by atoms with Crippen molar-refractivity contribution in [1.82, 2.24) is 4.98 Å². The summed E-state index contributed by atoms with van der Waals surface area (Å²) in [6.45, 7) is 0.875. The number of fused-ring (bicyclic) bond motifs is 1. The Morgan fingerprint density at radius 2 is 2.38 bits per heavy atom. The molecule has 0 radical (unpaired) electrons. The molecule has 1 aromatic heterocycles. The van der Waals surface area contributed by atoms with Gasteiger partial charge < -0.3 is 10.5 Å². The van der Waals surface area contributed by atoms with Gasteiger partial charge in [-0.15, -0.1) is 0 Å². The lowest BCUT2D eigenvalue weighted by molar-refractivity contribution is 0.0816. The van der Waals surface area contributed by atoms with Gasteiger partial charge >= 0.3 is 0 Å². The maximum absolute atomic E-state index is 6.33. The fraction of sp³-hybridized carbons (Fsp3) is 0.615. The molecule has 0 aromatic carbocycles. The van der Waals surface area contributed by atoms with E-state index in [-0.39, 0.29) is 12.1 Å². The Balaban J connectivity index is 1.81. The van der Waals surface area contributed by atoms with Crippen LogP contribution in [0.1, 0.15) is 36.4 Å². The maximum Gasteiger partial charge on any atom is 0.0733 e. The number of nitrogens with two attached hydrogens (primary N) is 1. The molecule has 0 amide bonds. The molecule has 1 aliphatic heterocycles. The first-order valence-corrected chi connectivity index (χ1v) is 6.17. The zero-order chi connectivity index (χ0) is 11.0. The highest BCUT2D eigenvalue weighted by Crippen LogP contribution is 2.35. The minimum atomic E-state index is 0.124. The van der Waals surface area contributed by atoms with Crippen LogP contribution in [0, 0.1) is 0 Å². The molecule has 3 atom stereocenters. The minimum absolute atomic E-state index is 0.124. The number of pyridine rings is 1. The van der Waals surface area contributed by atoms with E-state index in [4.69, 9.17) is 10.5 Å². The average molecular weight is 218 g/mol. The van der Waals surface area contributed by atoms with E-state index in [0.717, 1.165) is 32.3 Å². The number of aryl methyl sites for hydroxylation is 1. The standard InChI is InChI=1S/C13H18N2O/c14-12(11-4-2-8-16-11)10-6-5-9-3-1-7-15-13(9)10/h1,3,7,10-12H,2,4-6,8,14H2. The van der Waals surface area contributed by atoms with Crippen LogP contribution >= 0.6 is 0 Å². The molecule has 86 valence electrons. The van der Waals surface area contributed by atoms with Crippen LogP contribution in [0.25, 0.3) is 0 Å². The summed E-state index contributed by atoms with van der Waals surface area (Å²) in [5, 5.41) is 0. The Bertz CT molecular complexity index is 374. The van der Waals surface area contributed by atoms with Gasteiger partial charge in [-0.1, -0.05) is 6.07 Å². The monoisotopic (exact) mass is 218 g/mol. The molecule has 2 heterocycles. The molecule has 1 saturated heterocycles. The third-order valence-electron chi connectivity index (χ3n) is 3.86. The molecule has 3 rings (SSSR count). The van der Waals surface area contributed by atoms with E-state index in [9.17, 15) is 0 Å². The van der Waals surface area contributed by atoms with Gasteiger partial charge in [0.05, 0.1) is 6.10 Å². The summed E-state index contributed by atoms with van der Waals surface area (Å²) in [6, 6.07) is 4.31. The number of hydrogen-bond acceptors (Lipinski definition) is 3. The maximum atomic E-state index is 6.33. The topological polar surface area (TPSA) is 48.1 Å². The van der Waals surface area contributed by atoms with Crippen molar-refractivity contribution in [3.8, 4) is 0 Å². The molecule has 3 unspecified atom stereocenters. The highest BCUT2D eigenvalue weighted by molar-refractivity contribution is 5.30. The third-order valence-corrected chi connectivity index (χ3v) is 3.86. The lowest BCUT2D eigenvalue weighted by Gasteiger charge is -2.24. The normalized spacial score (nSPS) is 30.3.